The minimum absolute atomic E-state index is 0.153. The fourth-order valence-electron chi connectivity index (χ4n) is 4.37. The van der Waals surface area contributed by atoms with E-state index in [1.165, 1.54) is 12.0 Å². The zero-order valence-electron chi connectivity index (χ0n) is 19.1. The van der Waals surface area contributed by atoms with Crippen molar-refractivity contribution >= 4 is 28.9 Å². The highest BCUT2D eigenvalue weighted by Gasteiger charge is 2.48. The van der Waals surface area contributed by atoms with Gasteiger partial charge in [0.25, 0.3) is 0 Å². The van der Waals surface area contributed by atoms with E-state index < -0.39 is 23.8 Å². The average Bonchev–Trinajstić information content (AvgIpc) is 3.21. The van der Waals surface area contributed by atoms with Crippen LogP contribution in [-0.2, 0) is 19.1 Å². The summed E-state index contributed by atoms with van der Waals surface area (Å²) in [6, 6.07) is 12.2. The number of hydrogen-bond acceptors (Lipinski definition) is 7. The maximum Gasteiger partial charge on any atom is 0.321 e. The van der Waals surface area contributed by atoms with Crippen LogP contribution in [0.3, 0.4) is 0 Å². The predicted octanol–water partition coefficient (Wildman–Crippen LogP) is 2.82. The molecule has 0 spiro atoms. The molecule has 0 aliphatic carbocycles. The highest BCUT2D eigenvalue weighted by molar-refractivity contribution is 6.08. The van der Waals surface area contributed by atoms with Gasteiger partial charge in [0.1, 0.15) is 0 Å². The zero-order chi connectivity index (χ0) is 23.5. The second-order valence-corrected chi connectivity index (χ2v) is 7.51. The molecule has 3 aromatic rings. The number of para-hydroxylation sites is 3. The van der Waals surface area contributed by atoms with Crippen LogP contribution in [0.5, 0.6) is 11.5 Å². The summed E-state index contributed by atoms with van der Waals surface area (Å²) >= 11 is 0. The van der Waals surface area contributed by atoms with Gasteiger partial charge in [0, 0.05) is 12.7 Å². The van der Waals surface area contributed by atoms with E-state index in [4.69, 9.17) is 23.9 Å². The summed E-state index contributed by atoms with van der Waals surface area (Å²) in [5.41, 5.74) is 2.12. The Balaban J connectivity index is 2.03. The largest absolute Gasteiger partial charge is 0.493 e. The lowest BCUT2D eigenvalue weighted by molar-refractivity contribution is -0.153. The van der Waals surface area contributed by atoms with Crippen molar-refractivity contribution in [3.05, 3.63) is 48.0 Å². The first kappa shape index (κ1) is 22.6. The number of hydrogen-bond donors (Lipinski definition) is 0. The van der Waals surface area contributed by atoms with Crippen LogP contribution in [0.25, 0.3) is 11.0 Å². The van der Waals surface area contributed by atoms with Gasteiger partial charge >= 0.3 is 5.97 Å². The van der Waals surface area contributed by atoms with Crippen molar-refractivity contribution in [2.45, 2.75) is 13.0 Å². The zero-order valence-corrected chi connectivity index (χ0v) is 19.1. The monoisotopic (exact) mass is 453 g/mol. The van der Waals surface area contributed by atoms with E-state index in [9.17, 15) is 9.59 Å². The van der Waals surface area contributed by atoms with Crippen LogP contribution in [0.4, 0.5) is 5.95 Å². The molecule has 1 aliphatic rings. The van der Waals surface area contributed by atoms with Gasteiger partial charge in [-0.15, -0.1) is 0 Å². The summed E-state index contributed by atoms with van der Waals surface area (Å²) in [4.78, 5) is 33.2. The minimum Gasteiger partial charge on any atom is -0.493 e. The van der Waals surface area contributed by atoms with Crippen molar-refractivity contribution in [2.24, 2.45) is 5.92 Å². The summed E-state index contributed by atoms with van der Waals surface area (Å²) in [6.07, 6.45) is 0. The Hall–Kier alpha value is -3.59. The molecule has 0 unspecified atom stereocenters. The number of benzene rings is 2. The Morgan fingerprint density at radius 1 is 1.06 bits per heavy atom. The van der Waals surface area contributed by atoms with Crippen molar-refractivity contribution < 1.29 is 28.5 Å². The van der Waals surface area contributed by atoms with Gasteiger partial charge in [0.05, 0.1) is 51.1 Å². The molecular formula is C24H27N3O6. The summed E-state index contributed by atoms with van der Waals surface area (Å²) in [5.74, 6) is -0.771. The van der Waals surface area contributed by atoms with Crippen LogP contribution in [0.2, 0.25) is 0 Å². The molecule has 0 N–H and O–H groups in total. The Bertz CT molecular complexity index is 1170. The molecule has 9 nitrogen and oxygen atoms in total. The average molecular weight is 453 g/mol. The number of rotatable bonds is 8. The minimum atomic E-state index is -1.15. The van der Waals surface area contributed by atoms with Crippen molar-refractivity contribution in [3.63, 3.8) is 0 Å². The molecule has 4 rings (SSSR count). The highest BCUT2D eigenvalue weighted by Crippen LogP contribution is 2.46. The smallest absolute Gasteiger partial charge is 0.321 e. The van der Waals surface area contributed by atoms with E-state index in [-0.39, 0.29) is 19.8 Å². The molecule has 33 heavy (non-hydrogen) atoms. The molecule has 1 aliphatic heterocycles. The van der Waals surface area contributed by atoms with Gasteiger partial charge in [-0.1, -0.05) is 24.3 Å². The lowest BCUT2D eigenvalue weighted by atomic mass is 9.88. The van der Waals surface area contributed by atoms with E-state index in [1.807, 2.05) is 34.9 Å². The summed E-state index contributed by atoms with van der Waals surface area (Å²) < 4.78 is 23.7. The molecule has 9 heteroatoms. The van der Waals surface area contributed by atoms with Crippen LogP contribution in [-0.4, -0.2) is 62.5 Å². The number of fused-ring (bicyclic) bond motifs is 3. The van der Waals surface area contributed by atoms with Gasteiger partial charge in [-0.05, 0) is 25.1 Å². The third-order valence-electron chi connectivity index (χ3n) is 5.76. The van der Waals surface area contributed by atoms with Crippen molar-refractivity contribution in [1.29, 1.82) is 0 Å². The summed E-state index contributed by atoms with van der Waals surface area (Å²) in [6.45, 7) is 2.40. The first-order valence-electron chi connectivity index (χ1n) is 10.7. The van der Waals surface area contributed by atoms with E-state index in [2.05, 4.69) is 0 Å². The number of anilines is 1. The number of ether oxygens (including phenoxy) is 4. The molecular weight excluding hydrogens is 426 g/mol. The quantitative estimate of drug-likeness (QED) is 0.383. The lowest BCUT2D eigenvalue weighted by Gasteiger charge is -2.38. The molecule has 0 fully saturated rings. The number of methoxy groups -OCH3 is 3. The number of carbonyl (C=O) groups is 2. The van der Waals surface area contributed by atoms with Crippen LogP contribution < -0.4 is 14.4 Å². The van der Waals surface area contributed by atoms with Crippen LogP contribution in [0, 0.1) is 5.92 Å². The molecule has 2 aromatic carbocycles. The van der Waals surface area contributed by atoms with E-state index in [0.29, 0.717) is 28.5 Å². The molecule has 2 heterocycles. The second kappa shape index (κ2) is 9.50. The fourth-order valence-corrected chi connectivity index (χ4v) is 4.37. The molecule has 1 amide bonds. The first-order valence-corrected chi connectivity index (χ1v) is 10.7. The van der Waals surface area contributed by atoms with Gasteiger partial charge in [-0.25, -0.2) is 4.98 Å². The topological polar surface area (TPSA) is 92.1 Å². The Labute approximate surface area is 191 Å². The molecule has 0 radical (unpaired) electrons. The molecule has 0 saturated heterocycles. The van der Waals surface area contributed by atoms with Gasteiger partial charge in [0.15, 0.2) is 17.4 Å². The van der Waals surface area contributed by atoms with E-state index >= 15 is 0 Å². The summed E-state index contributed by atoms with van der Waals surface area (Å²) in [5, 5.41) is 0. The van der Waals surface area contributed by atoms with Crippen molar-refractivity contribution in [3.8, 4) is 11.5 Å². The Kier molecular flexibility index (Phi) is 6.50. The number of nitrogens with zero attached hydrogens (tertiary/aromatic N) is 3. The SMILES string of the molecule is CCOC(=O)[C@H]1C(=O)N(CCOC)c2nc3ccccc3n2[C@H]1c1cccc(OC)c1OC. The molecule has 2 atom stereocenters. The molecule has 0 saturated carbocycles. The van der Waals surface area contributed by atoms with Gasteiger partial charge < -0.3 is 23.5 Å². The normalized spacial score (nSPS) is 17.7. The van der Waals surface area contributed by atoms with Crippen LogP contribution >= 0.6 is 0 Å². The number of carbonyl (C=O) groups excluding carboxylic acids is 2. The lowest BCUT2D eigenvalue weighted by Crippen LogP contribution is -2.51. The standard InChI is InChI=1S/C24H27N3O6/c1-5-33-23(29)19-20(15-9-8-12-18(31-3)21(15)32-4)27-17-11-7-6-10-16(17)25-24(27)26(22(19)28)13-14-30-2/h6-12,19-20H,5,13-14H2,1-4H3/t19-,20+/m1/s1. The third-order valence-corrected chi connectivity index (χ3v) is 5.76. The Morgan fingerprint density at radius 3 is 2.55 bits per heavy atom. The summed E-state index contributed by atoms with van der Waals surface area (Å²) in [7, 11) is 4.63. The number of aromatic nitrogens is 2. The highest BCUT2D eigenvalue weighted by atomic mass is 16.5. The molecule has 174 valence electrons. The first-order chi connectivity index (χ1) is 16.1. The Morgan fingerprint density at radius 2 is 1.85 bits per heavy atom. The van der Waals surface area contributed by atoms with E-state index in [0.717, 1.165) is 5.52 Å². The maximum atomic E-state index is 13.8. The second-order valence-electron chi connectivity index (χ2n) is 7.51. The van der Waals surface area contributed by atoms with Crippen molar-refractivity contribution in [2.75, 3.05) is 46.0 Å². The van der Waals surface area contributed by atoms with Gasteiger partial charge in [-0.3, -0.25) is 14.5 Å². The number of esters is 1. The number of amides is 1. The molecule has 1 aromatic heterocycles. The molecule has 0 bridgehead atoms. The maximum absolute atomic E-state index is 13.8. The van der Waals surface area contributed by atoms with Gasteiger partial charge in [-0.2, -0.15) is 0 Å². The van der Waals surface area contributed by atoms with Crippen LogP contribution in [0.15, 0.2) is 42.5 Å². The fraction of sp³-hybridized carbons (Fsp3) is 0.375. The predicted molar refractivity (Wildman–Crippen MR) is 122 cm³/mol. The van der Waals surface area contributed by atoms with Crippen molar-refractivity contribution in [1.82, 2.24) is 9.55 Å². The van der Waals surface area contributed by atoms with Crippen LogP contribution in [0.1, 0.15) is 18.5 Å². The third kappa shape index (κ3) is 3.78. The van der Waals surface area contributed by atoms with E-state index in [1.54, 1.807) is 33.3 Å². The number of imidazole rings is 1. The van der Waals surface area contributed by atoms with Gasteiger partial charge in [0.2, 0.25) is 11.9 Å².